The lowest BCUT2D eigenvalue weighted by Gasteiger charge is -2.35. The van der Waals surface area contributed by atoms with E-state index in [0.29, 0.717) is 18.4 Å². The summed E-state index contributed by atoms with van der Waals surface area (Å²) >= 11 is 0. The maximum Gasteiger partial charge on any atom is 0.242 e. The van der Waals surface area contributed by atoms with Gasteiger partial charge in [0.25, 0.3) is 0 Å². The van der Waals surface area contributed by atoms with Gasteiger partial charge in [0.1, 0.15) is 6.54 Å². The number of aryl methyl sites for hydroxylation is 1. The minimum Gasteiger partial charge on any atom is -0.341 e. The predicted molar refractivity (Wildman–Crippen MR) is 86.2 cm³/mol. The van der Waals surface area contributed by atoms with Crippen molar-refractivity contribution < 1.29 is 4.79 Å². The standard InChI is InChI=1S/C18H24N2O/c1-13-8-14(2)11-19(10-13)18(21)12-20-15(3)9-16-6-4-5-7-17(16)20/h4-7,9,13-14H,8,10-12H2,1-3H3/t13-,14-/m0/s1. The fourth-order valence-electron chi connectivity index (χ4n) is 3.66. The van der Waals surface area contributed by atoms with Gasteiger partial charge in [-0.25, -0.2) is 0 Å². The monoisotopic (exact) mass is 284 g/mol. The van der Waals surface area contributed by atoms with E-state index in [1.807, 2.05) is 17.0 Å². The predicted octanol–water partition coefficient (Wildman–Crippen LogP) is 3.45. The zero-order valence-electron chi connectivity index (χ0n) is 13.2. The van der Waals surface area contributed by atoms with Gasteiger partial charge >= 0.3 is 0 Å². The lowest BCUT2D eigenvalue weighted by Crippen LogP contribution is -2.44. The summed E-state index contributed by atoms with van der Waals surface area (Å²) in [7, 11) is 0. The molecule has 1 aliphatic heterocycles. The summed E-state index contributed by atoms with van der Waals surface area (Å²) < 4.78 is 2.14. The summed E-state index contributed by atoms with van der Waals surface area (Å²) in [6.45, 7) is 8.83. The van der Waals surface area contributed by atoms with E-state index in [1.54, 1.807) is 0 Å². The summed E-state index contributed by atoms with van der Waals surface area (Å²) in [4.78, 5) is 14.7. The van der Waals surface area contributed by atoms with Gasteiger partial charge in [0.05, 0.1) is 0 Å². The normalized spacial score (nSPS) is 22.7. The number of amides is 1. The summed E-state index contributed by atoms with van der Waals surface area (Å²) in [5.41, 5.74) is 2.31. The molecule has 1 saturated heterocycles. The van der Waals surface area contributed by atoms with Gasteiger partial charge in [-0.05, 0) is 42.7 Å². The second-order valence-electron chi connectivity index (χ2n) is 6.68. The van der Waals surface area contributed by atoms with Crippen LogP contribution in [0.2, 0.25) is 0 Å². The average Bonchev–Trinajstić information content (AvgIpc) is 2.74. The number of piperidine rings is 1. The number of aromatic nitrogens is 1. The highest BCUT2D eigenvalue weighted by Gasteiger charge is 2.25. The van der Waals surface area contributed by atoms with Gasteiger partial charge in [0.2, 0.25) is 5.91 Å². The molecule has 3 rings (SSSR count). The van der Waals surface area contributed by atoms with Crippen LogP contribution < -0.4 is 0 Å². The van der Waals surface area contributed by atoms with Gasteiger partial charge < -0.3 is 9.47 Å². The molecule has 2 heterocycles. The maximum atomic E-state index is 12.7. The number of benzene rings is 1. The highest BCUT2D eigenvalue weighted by atomic mass is 16.2. The van der Waals surface area contributed by atoms with Crippen LogP contribution in [0.1, 0.15) is 26.0 Å². The molecule has 2 aromatic rings. The topological polar surface area (TPSA) is 25.2 Å². The van der Waals surface area contributed by atoms with Crippen molar-refractivity contribution >= 4 is 16.8 Å². The van der Waals surface area contributed by atoms with Gasteiger partial charge in [-0.3, -0.25) is 4.79 Å². The van der Waals surface area contributed by atoms with Crippen LogP contribution in [0.4, 0.5) is 0 Å². The molecule has 0 saturated carbocycles. The molecule has 1 fully saturated rings. The zero-order chi connectivity index (χ0) is 15.0. The van der Waals surface area contributed by atoms with Gasteiger partial charge in [-0.15, -0.1) is 0 Å². The van der Waals surface area contributed by atoms with Crippen molar-refractivity contribution in [2.24, 2.45) is 11.8 Å². The van der Waals surface area contributed by atoms with Crippen molar-refractivity contribution in [3.63, 3.8) is 0 Å². The molecule has 0 bridgehead atoms. The Hall–Kier alpha value is -1.77. The fourth-order valence-corrected chi connectivity index (χ4v) is 3.66. The van der Waals surface area contributed by atoms with E-state index < -0.39 is 0 Å². The van der Waals surface area contributed by atoms with Crippen molar-refractivity contribution in [1.29, 1.82) is 0 Å². The molecule has 1 amide bonds. The molecular formula is C18H24N2O. The van der Waals surface area contributed by atoms with E-state index in [1.165, 1.54) is 11.8 Å². The first-order chi connectivity index (χ1) is 10.0. The second kappa shape index (κ2) is 5.55. The van der Waals surface area contributed by atoms with Gasteiger partial charge in [0, 0.05) is 24.3 Å². The van der Waals surface area contributed by atoms with E-state index in [-0.39, 0.29) is 5.91 Å². The number of para-hydroxylation sites is 1. The van der Waals surface area contributed by atoms with Crippen molar-refractivity contribution in [3.8, 4) is 0 Å². The number of likely N-dealkylation sites (tertiary alicyclic amines) is 1. The molecule has 0 radical (unpaired) electrons. The molecule has 112 valence electrons. The molecule has 21 heavy (non-hydrogen) atoms. The quantitative estimate of drug-likeness (QED) is 0.829. The summed E-state index contributed by atoms with van der Waals surface area (Å²) in [6.07, 6.45) is 1.23. The van der Waals surface area contributed by atoms with E-state index in [0.717, 1.165) is 24.3 Å². The number of carbonyl (C=O) groups is 1. The molecule has 2 atom stereocenters. The minimum absolute atomic E-state index is 0.248. The molecule has 0 N–H and O–H groups in total. The zero-order valence-corrected chi connectivity index (χ0v) is 13.2. The van der Waals surface area contributed by atoms with Gasteiger partial charge in [-0.1, -0.05) is 32.0 Å². The Kier molecular flexibility index (Phi) is 3.75. The molecule has 1 aromatic carbocycles. The maximum absolute atomic E-state index is 12.7. The largest absolute Gasteiger partial charge is 0.341 e. The van der Waals surface area contributed by atoms with Crippen molar-refractivity contribution in [1.82, 2.24) is 9.47 Å². The molecule has 1 aliphatic rings. The number of rotatable bonds is 2. The van der Waals surface area contributed by atoms with Crippen LogP contribution in [0.3, 0.4) is 0 Å². The van der Waals surface area contributed by atoms with E-state index in [9.17, 15) is 4.79 Å². The first-order valence-electron chi connectivity index (χ1n) is 7.87. The van der Waals surface area contributed by atoms with Crippen LogP contribution in [-0.2, 0) is 11.3 Å². The average molecular weight is 284 g/mol. The Morgan fingerprint density at radius 3 is 2.57 bits per heavy atom. The Balaban J connectivity index is 1.81. The molecule has 0 unspecified atom stereocenters. The van der Waals surface area contributed by atoms with Gasteiger partial charge in [0.15, 0.2) is 0 Å². The van der Waals surface area contributed by atoms with Crippen molar-refractivity contribution in [2.75, 3.05) is 13.1 Å². The second-order valence-corrected chi connectivity index (χ2v) is 6.68. The van der Waals surface area contributed by atoms with Crippen molar-refractivity contribution in [2.45, 2.75) is 33.7 Å². The summed E-state index contributed by atoms with van der Waals surface area (Å²) in [5, 5.41) is 1.21. The molecule has 0 spiro atoms. The molecule has 0 aliphatic carbocycles. The van der Waals surface area contributed by atoms with Gasteiger partial charge in [-0.2, -0.15) is 0 Å². The Morgan fingerprint density at radius 2 is 1.86 bits per heavy atom. The van der Waals surface area contributed by atoms with Crippen LogP contribution in [0.5, 0.6) is 0 Å². The Bertz CT molecular complexity index is 648. The first kappa shape index (κ1) is 14.2. The molecular weight excluding hydrogens is 260 g/mol. The molecule has 3 heteroatoms. The van der Waals surface area contributed by atoms with E-state index in [4.69, 9.17) is 0 Å². The summed E-state index contributed by atoms with van der Waals surface area (Å²) in [6, 6.07) is 10.4. The van der Waals surface area contributed by atoms with Crippen LogP contribution in [0.15, 0.2) is 30.3 Å². The number of hydrogen-bond donors (Lipinski definition) is 0. The lowest BCUT2D eigenvalue weighted by molar-refractivity contribution is -0.134. The van der Waals surface area contributed by atoms with Crippen LogP contribution in [-0.4, -0.2) is 28.5 Å². The third-order valence-electron chi connectivity index (χ3n) is 4.53. The van der Waals surface area contributed by atoms with Crippen LogP contribution >= 0.6 is 0 Å². The van der Waals surface area contributed by atoms with Crippen LogP contribution in [0, 0.1) is 18.8 Å². The number of carbonyl (C=O) groups excluding carboxylic acids is 1. The minimum atomic E-state index is 0.248. The lowest BCUT2D eigenvalue weighted by atomic mass is 9.92. The Labute approximate surface area is 126 Å². The van der Waals surface area contributed by atoms with Crippen LogP contribution in [0.25, 0.3) is 10.9 Å². The Morgan fingerprint density at radius 1 is 1.19 bits per heavy atom. The smallest absolute Gasteiger partial charge is 0.242 e. The highest BCUT2D eigenvalue weighted by molar-refractivity contribution is 5.84. The number of nitrogens with zero attached hydrogens (tertiary/aromatic N) is 2. The molecule has 3 nitrogen and oxygen atoms in total. The first-order valence-corrected chi connectivity index (χ1v) is 7.87. The molecule has 1 aromatic heterocycles. The fraction of sp³-hybridized carbons (Fsp3) is 0.500. The summed E-state index contributed by atoms with van der Waals surface area (Å²) in [5.74, 6) is 1.47. The third kappa shape index (κ3) is 2.82. The highest BCUT2D eigenvalue weighted by Crippen LogP contribution is 2.23. The SMILES string of the molecule is Cc1cc2ccccc2n1CC(=O)N1C[C@@H](C)C[C@H](C)C1. The van der Waals surface area contributed by atoms with Crippen molar-refractivity contribution in [3.05, 3.63) is 36.0 Å². The number of hydrogen-bond acceptors (Lipinski definition) is 1. The van der Waals surface area contributed by atoms with E-state index in [2.05, 4.69) is 43.5 Å². The number of fused-ring (bicyclic) bond motifs is 1. The van der Waals surface area contributed by atoms with E-state index >= 15 is 0 Å². The third-order valence-corrected chi connectivity index (χ3v) is 4.53.